The Hall–Kier alpha value is -4.21. The van der Waals surface area contributed by atoms with Crippen LogP contribution in [0.2, 0.25) is 5.02 Å². The summed E-state index contributed by atoms with van der Waals surface area (Å²) in [5.41, 5.74) is 4.21. The first-order valence-corrected chi connectivity index (χ1v) is 14.8. The van der Waals surface area contributed by atoms with Crippen molar-refractivity contribution in [1.29, 1.82) is 0 Å². The van der Waals surface area contributed by atoms with E-state index in [2.05, 4.69) is 15.3 Å². The predicted molar refractivity (Wildman–Crippen MR) is 151 cm³/mol. The Kier molecular flexibility index (Phi) is 7.84. The zero-order valence-electron chi connectivity index (χ0n) is 23.0. The Balaban J connectivity index is 1.68. The van der Waals surface area contributed by atoms with Gasteiger partial charge in [0, 0.05) is 31.3 Å². The number of hydrogen-bond donors (Lipinski definition) is 1. The molecule has 16 heteroatoms. The number of hydrogen-bond acceptors (Lipinski definition) is 7. The molecule has 3 aromatic carbocycles. The van der Waals surface area contributed by atoms with Crippen LogP contribution >= 0.6 is 11.6 Å². The highest BCUT2D eigenvalue weighted by molar-refractivity contribution is 7.90. The van der Waals surface area contributed by atoms with Crippen molar-refractivity contribution in [3.8, 4) is 22.6 Å². The monoisotopic (exact) mass is 657 g/mol. The van der Waals surface area contributed by atoms with Crippen molar-refractivity contribution in [1.82, 2.24) is 20.1 Å². The highest BCUT2D eigenvalue weighted by Gasteiger charge is 2.36. The number of anilines is 1. The lowest BCUT2D eigenvalue weighted by atomic mass is 10.0. The van der Waals surface area contributed by atoms with Gasteiger partial charge in [0.25, 0.3) is 0 Å². The van der Waals surface area contributed by atoms with Gasteiger partial charge in [0.15, 0.2) is 15.5 Å². The number of ether oxygens (including phenoxy) is 1. The second-order valence-electron chi connectivity index (χ2n) is 9.80. The summed E-state index contributed by atoms with van der Waals surface area (Å²) in [5.74, 6) is -0.586. The third kappa shape index (κ3) is 6.49. The molecule has 0 amide bonds. The van der Waals surface area contributed by atoms with Crippen LogP contribution in [0.15, 0.2) is 78.0 Å². The quantitative estimate of drug-likeness (QED) is 0.224. The maximum atomic E-state index is 13.6. The summed E-state index contributed by atoms with van der Waals surface area (Å²) in [7, 11) is -1.92. The third-order valence-electron chi connectivity index (χ3n) is 6.51. The van der Waals surface area contributed by atoms with Crippen LogP contribution in [0.1, 0.15) is 17.1 Å². The molecule has 0 aliphatic carbocycles. The topological polar surface area (TPSA) is 79.7 Å². The number of alkyl halides is 6. The van der Waals surface area contributed by atoms with Crippen LogP contribution < -0.4 is 15.3 Å². The van der Waals surface area contributed by atoms with Crippen LogP contribution in [-0.4, -0.2) is 42.6 Å². The van der Waals surface area contributed by atoms with Gasteiger partial charge in [-0.3, -0.25) is 10.0 Å². The predicted octanol–water partition coefficient (Wildman–Crippen LogP) is 6.99. The van der Waals surface area contributed by atoms with E-state index in [9.17, 15) is 34.8 Å². The SMILES string of the molecule is Cc1nc(C(F)(F)F)cn1-c1ccc(-c2cccc(S(C)(=O)=O)c2)cc1N1NN(C)C=C1c1ccc(OC(F)(F)F)c(Cl)c1. The minimum Gasteiger partial charge on any atom is -0.404 e. The second kappa shape index (κ2) is 11.1. The highest BCUT2D eigenvalue weighted by Crippen LogP contribution is 2.40. The minimum absolute atomic E-state index is 0.0279. The largest absolute Gasteiger partial charge is 0.573 e. The number of aryl methyl sites for hydroxylation is 1. The normalized spacial score (nSPS) is 14.3. The van der Waals surface area contributed by atoms with E-state index in [1.807, 2.05) is 0 Å². The van der Waals surface area contributed by atoms with Crippen molar-refractivity contribution in [3.05, 3.63) is 95.2 Å². The molecule has 2 heterocycles. The molecule has 1 aromatic heterocycles. The number of rotatable bonds is 6. The van der Waals surface area contributed by atoms with E-state index in [0.29, 0.717) is 28.1 Å². The second-order valence-corrected chi connectivity index (χ2v) is 12.2. The number of hydrazine groups is 2. The Morgan fingerprint density at radius 2 is 1.59 bits per heavy atom. The lowest BCUT2D eigenvalue weighted by Crippen LogP contribution is -2.38. The molecule has 0 unspecified atom stereocenters. The van der Waals surface area contributed by atoms with E-state index in [1.165, 1.54) is 45.8 Å². The summed E-state index contributed by atoms with van der Waals surface area (Å²) in [6.45, 7) is 1.40. The molecule has 0 radical (unpaired) electrons. The fourth-order valence-corrected chi connectivity index (χ4v) is 5.47. The number of sulfone groups is 1. The maximum Gasteiger partial charge on any atom is 0.573 e. The minimum atomic E-state index is -4.97. The van der Waals surface area contributed by atoms with Crippen molar-refractivity contribution < 1.29 is 39.5 Å². The van der Waals surface area contributed by atoms with E-state index >= 15 is 0 Å². The molecule has 0 spiro atoms. The van der Waals surface area contributed by atoms with Crippen LogP contribution in [-0.2, 0) is 16.0 Å². The van der Waals surface area contributed by atoms with Crippen molar-refractivity contribution in [2.45, 2.75) is 24.4 Å². The number of halogens is 7. The third-order valence-corrected chi connectivity index (χ3v) is 7.92. The lowest BCUT2D eigenvalue weighted by molar-refractivity contribution is -0.274. The number of imidazole rings is 1. The molecule has 0 bridgehead atoms. The molecular formula is C28H22ClF6N5O3S. The Bertz CT molecular complexity index is 1890. The molecule has 5 rings (SSSR count). The van der Waals surface area contributed by atoms with Gasteiger partial charge in [0.1, 0.15) is 11.6 Å². The highest BCUT2D eigenvalue weighted by atomic mass is 35.5. The average molecular weight is 658 g/mol. The summed E-state index contributed by atoms with van der Waals surface area (Å²) in [6, 6.07) is 14.6. The summed E-state index contributed by atoms with van der Waals surface area (Å²) in [5, 5.41) is 2.69. The van der Waals surface area contributed by atoms with Gasteiger partial charge in [0.05, 0.1) is 27.0 Å². The van der Waals surface area contributed by atoms with Crippen LogP contribution in [0, 0.1) is 6.92 Å². The van der Waals surface area contributed by atoms with Crippen LogP contribution in [0.4, 0.5) is 32.0 Å². The fourth-order valence-electron chi connectivity index (χ4n) is 4.58. The first kappa shape index (κ1) is 31.2. The van der Waals surface area contributed by atoms with Gasteiger partial charge in [-0.25, -0.2) is 13.4 Å². The fraction of sp³-hybridized carbons (Fsp3) is 0.179. The molecule has 0 saturated carbocycles. The van der Waals surface area contributed by atoms with Crippen molar-refractivity contribution in [2.75, 3.05) is 18.3 Å². The Labute approximate surface area is 252 Å². The number of nitrogens with one attached hydrogen (secondary N) is 1. The van der Waals surface area contributed by atoms with Gasteiger partial charge in [-0.05, 0) is 60.5 Å². The number of aromatic nitrogens is 2. The van der Waals surface area contributed by atoms with Crippen LogP contribution in [0.3, 0.4) is 0 Å². The summed E-state index contributed by atoms with van der Waals surface area (Å²) in [4.78, 5) is 3.74. The van der Waals surface area contributed by atoms with Crippen molar-refractivity contribution >= 4 is 32.8 Å². The van der Waals surface area contributed by atoms with Crippen molar-refractivity contribution in [3.63, 3.8) is 0 Å². The Morgan fingerprint density at radius 3 is 2.20 bits per heavy atom. The maximum absolute atomic E-state index is 13.6. The molecule has 1 aliphatic rings. The van der Waals surface area contributed by atoms with Gasteiger partial charge in [-0.15, -0.1) is 18.7 Å². The number of nitrogens with zero attached hydrogens (tertiary/aromatic N) is 4. The van der Waals surface area contributed by atoms with Gasteiger partial charge in [-0.1, -0.05) is 29.8 Å². The molecule has 0 fully saturated rings. The Morgan fingerprint density at radius 1 is 0.909 bits per heavy atom. The van der Waals surface area contributed by atoms with Crippen molar-refractivity contribution in [2.24, 2.45) is 0 Å². The van der Waals surface area contributed by atoms with Crippen LogP contribution in [0.25, 0.3) is 22.5 Å². The summed E-state index contributed by atoms with van der Waals surface area (Å²) < 4.78 is 109. The van der Waals surface area contributed by atoms with E-state index in [1.54, 1.807) is 43.6 Å². The zero-order valence-corrected chi connectivity index (χ0v) is 24.6. The van der Waals surface area contributed by atoms with Gasteiger partial charge in [0.2, 0.25) is 0 Å². The van der Waals surface area contributed by atoms with Gasteiger partial charge in [-0.2, -0.15) is 13.2 Å². The molecule has 1 aliphatic heterocycles. The molecule has 44 heavy (non-hydrogen) atoms. The standard InChI is InChI=1S/C28H22ClF6N5O3S/c1-16-36-26(27(30,31)32)15-39(16)22-9-7-18(17-5-4-6-20(11-17)44(3,41)42)13-23(22)40-24(14-38(2)37-40)19-8-10-25(21(29)12-19)43-28(33,34)35/h4-15,37H,1-3H3. The van der Waals surface area contributed by atoms with E-state index < -0.39 is 33.8 Å². The van der Waals surface area contributed by atoms with E-state index in [4.69, 9.17) is 11.6 Å². The molecule has 0 saturated heterocycles. The van der Waals surface area contributed by atoms with Crippen LogP contribution in [0.5, 0.6) is 5.75 Å². The molecular weight excluding hydrogens is 636 g/mol. The molecule has 8 nitrogen and oxygen atoms in total. The molecule has 4 aromatic rings. The smallest absolute Gasteiger partial charge is 0.404 e. The van der Waals surface area contributed by atoms with Gasteiger partial charge < -0.3 is 9.30 Å². The zero-order chi connectivity index (χ0) is 32.2. The van der Waals surface area contributed by atoms with E-state index in [0.717, 1.165) is 18.5 Å². The molecule has 232 valence electrons. The van der Waals surface area contributed by atoms with Gasteiger partial charge >= 0.3 is 12.5 Å². The average Bonchev–Trinajstić information content (AvgIpc) is 3.51. The summed E-state index contributed by atoms with van der Waals surface area (Å²) >= 11 is 6.12. The number of benzene rings is 3. The summed E-state index contributed by atoms with van der Waals surface area (Å²) in [6.07, 6.45) is -6.17. The molecule has 0 atom stereocenters. The first-order chi connectivity index (χ1) is 20.4. The molecule has 1 N–H and O–H groups in total. The first-order valence-electron chi connectivity index (χ1n) is 12.6. The van der Waals surface area contributed by atoms with E-state index in [-0.39, 0.29) is 21.4 Å². The lowest BCUT2D eigenvalue weighted by Gasteiger charge is -2.27.